The molecule has 0 amide bonds. The smallest absolute Gasteiger partial charge is 0.102 e. The maximum absolute atomic E-state index is 10.5. The first kappa shape index (κ1) is 9.69. The summed E-state index contributed by atoms with van der Waals surface area (Å²) in [5.74, 6) is 0.493. The van der Waals surface area contributed by atoms with E-state index in [1.807, 2.05) is 11.4 Å². The lowest BCUT2D eigenvalue weighted by Crippen LogP contribution is -2.26. The molecule has 0 bridgehead atoms. The van der Waals surface area contributed by atoms with Crippen LogP contribution in [0.2, 0.25) is 0 Å². The van der Waals surface area contributed by atoms with Gasteiger partial charge in [0.25, 0.3) is 0 Å². The summed E-state index contributed by atoms with van der Waals surface area (Å²) in [5.41, 5.74) is -0.562. The first-order valence-corrected chi connectivity index (χ1v) is 6.31. The molecule has 1 aliphatic carbocycles. The second-order valence-corrected chi connectivity index (χ2v) is 5.42. The van der Waals surface area contributed by atoms with Crippen molar-refractivity contribution in [1.82, 2.24) is 0 Å². The molecule has 1 saturated carbocycles. The quantitative estimate of drug-likeness (QED) is 0.882. The van der Waals surface area contributed by atoms with E-state index in [4.69, 9.17) is 0 Å². The molecule has 2 rings (SSSR count). The summed E-state index contributed by atoms with van der Waals surface area (Å²) in [6.07, 6.45) is 3.17. The van der Waals surface area contributed by atoms with Crippen LogP contribution in [0.4, 0.5) is 0 Å². The van der Waals surface area contributed by atoms with Gasteiger partial charge < -0.3 is 5.11 Å². The van der Waals surface area contributed by atoms with Crippen LogP contribution in [-0.4, -0.2) is 5.11 Å². The van der Waals surface area contributed by atoms with Crippen LogP contribution in [-0.2, 0) is 5.60 Å². The fourth-order valence-corrected chi connectivity index (χ4v) is 3.76. The molecule has 0 spiro atoms. The molecule has 1 aromatic heterocycles. The minimum atomic E-state index is -0.562. The van der Waals surface area contributed by atoms with E-state index in [0.717, 1.165) is 15.8 Å². The Bertz CT molecular complexity index is 306. The van der Waals surface area contributed by atoms with Crippen molar-refractivity contribution in [3.63, 3.8) is 0 Å². The molecular formula is C10H13BrOS. The zero-order chi connectivity index (χ0) is 9.47. The van der Waals surface area contributed by atoms with Crippen LogP contribution < -0.4 is 0 Å². The second-order valence-electron chi connectivity index (χ2n) is 3.65. The lowest BCUT2D eigenvalue weighted by Gasteiger charge is -2.26. The van der Waals surface area contributed by atoms with Gasteiger partial charge in [0.05, 0.1) is 4.88 Å². The zero-order valence-electron chi connectivity index (χ0n) is 7.59. The molecule has 1 N–H and O–H groups in total. The van der Waals surface area contributed by atoms with Gasteiger partial charge in [0.15, 0.2) is 0 Å². The van der Waals surface area contributed by atoms with E-state index in [1.54, 1.807) is 11.3 Å². The third kappa shape index (κ3) is 1.58. The summed E-state index contributed by atoms with van der Waals surface area (Å²) >= 11 is 5.14. The zero-order valence-corrected chi connectivity index (χ0v) is 9.99. The highest BCUT2D eigenvalue weighted by Gasteiger charge is 2.45. The van der Waals surface area contributed by atoms with Gasteiger partial charge in [-0.05, 0) is 52.6 Å². The van der Waals surface area contributed by atoms with Crippen molar-refractivity contribution < 1.29 is 5.11 Å². The Kier molecular flexibility index (Phi) is 2.51. The number of thiophene rings is 1. The summed E-state index contributed by atoms with van der Waals surface area (Å²) in [4.78, 5) is 1.11. The Morgan fingerprint density at radius 1 is 1.69 bits per heavy atom. The maximum atomic E-state index is 10.5. The Morgan fingerprint density at radius 3 is 2.77 bits per heavy atom. The van der Waals surface area contributed by atoms with Gasteiger partial charge in [-0.2, -0.15) is 0 Å². The monoisotopic (exact) mass is 260 g/mol. The van der Waals surface area contributed by atoms with Gasteiger partial charge in [-0.15, -0.1) is 11.3 Å². The molecule has 1 unspecified atom stereocenters. The Balaban J connectivity index is 2.35. The van der Waals surface area contributed by atoms with Gasteiger partial charge >= 0.3 is 0 Å². The summed E-state index contributed by atoms with van der Waals surface area (Å²) in [5, 5.41) is 12.5. The molecule has 72 valence electrons. The van der Waals surface area contributed by atoms with Crippen molar-refractivity contribution in [2.45, 2.75) is 31.8 Å². The number of rotatable bonds is 3. The van der Waals surface area contributed by atoms with Crippen LogP contribution in [0.3, 0.4) is 0 Å². The van der Waals surface area contributed by atoms with Gasteiger partial charge in [-0.1, -0.05) is 6.92 Å². The first-order valence-electron chi connectivity index (χ1n) is 4.64. The van der Waals surface area contributed by atoms with E-state index in [-0.39, 0.29) is 0 Å². The van der Waals surface area contributed by atoms with Gasteiger partial charge in [0.2, 0.25) is 0 Å². The number of hydrogen-bond donors (Lipinski definition) is 1. The lowest BCUT2D eigenvalue weighted by atomic mass is 9.93. The Morgan fingerprint density at radius 2 is 2.38 bits per heavy atom. The molecule has 1 aliphatic rings. The van der Waals surface area contributed by atoms with Crippen molar-refractivity contribution >= 4 is 27.3 Å². The third-order valence-electron chi connectivity index (χ3n) is 2.80. The SMILES string of the molecule is CCC(O)(c1sccc1Br)C1CC1. The maximum Gasteiger partial charge on any atom is 0.102 e. The molecule has 1 nitrogen and oxygen atoms in total. The first-order chi connectivity index (χ1) is 6.18. The van der Waals surface area contributed by atoms with Gasteiger partial charge in [0.1, 0.15) is 5.60 Å². The largest absolute Gasteiger partial charge is 0.384 e. The van der Waals surface area contributed by atoms with Crippen molar-refractivity contribution in [3.8, 4) is 0 Å². The average molecular weight is 261 g/mol. The van der Waals surface area contributed by atoms with E-state index >= 15 is 0 Å². The van der Waals surface area contributed by atoms with E-state index in [0.29, 0.717) is 5.92 Å². The predicted octanol–water partition coefficient (Wildman–Crippen LogP) is 3.52. The minimum absolute atomic E-state index is 0.493. The Labute approximate surface area is 90.9 Å². The van der Waals surface area contributed by atoms with Crippen molar-refractivity contribution in [1.29, 1.82) is 0 Å². The summed E-state index contributed by atoms with van der Waals surface area (Å²) in [7, 11) is 0. The van der Waals surface area contributed by atoms with Crippen molar-refractivity contribution in [2.75, 3.05) is 0 Å². The lowest BCUT2D eigenvalue weighted by molar-refractivity contribution is 0.0119. The molecule has 1 atom stereocenters. The summed E-state index contributed by atoms with van der Waals surface area (Å²) in [6.45, 7) is 2.06. The summed E-state index contributed by atoms with van der Waals surface area (Å²) < 4.78 is 1.06. The molecular weight excluding hydrogens is 248 g/mol. The average Bonchev–Trinajstić information content (AvgIpc) is 2.89. The normalized spacial score (nSPS) is 21.5. The van der Waals surface area contributed by atoms with Crippen LogP contribution in [0, 0.1) is 5.92 Å². The third-order valence-corrected chi connectivity index (χ3v) is 4.81. The van der Waals surface area contributed by atoms with Crippen LogP contribution >= 0.6 is 27.3 Å². The molecule has 1 aromatic rings. The van der Waals surface area contributed by atoms with Crippen molar-refractivity contribution in [3.05, 3.63) is 20.8 Å². The second kappa shape index (κ2) is 3.37. The van der Waals surface area contributed by atoms with Crippen LogP contribution in [0.25, 0.3) is 0 Å². The van der Waals surface area contributed by atoms with E-state index < -0.39 is 5.60 Å². The topological polar surface area (TPSA) is 20.2 Å². The van der Waals surface area contributed by atoms with Gasteiger partial charge in [0, 0.05) is 4.47 Å². The van der Waals surface area contributed by atoms with Gasteiger partial charge in [-0.25, -0.2) is 0 Å². The highest BCUT2D eigenvalue weighted by Crippen LogP contribution is 2.50. The summed E-state index contributed by atoms with van der Waals surface area (Å²) in [6, 6.07) is 2.02. The Hall–Kier alpha value is 0.140. The molecule has 1 fully saturated rings. The highest BCUT2D eigenvalue weighted by atomic mass is 79.9. The fourth-order valence-electron chi connectivity index (χ4n) is 1.80. The number of aliphatic hydroxyl groups is 1. The van der Waals surface area contributed by atoms with Gasteiger partial charge in [-0.3, -0.25) is 0 Å². The molecule has 1 heterocycles. The van der Waals surface area contributed by atoms with E-state index in [1.165, 1.54) is 12.8 Å². The molecule has 0 aliphatic heterocycles. The molecule has 0 saturated heterocycles. The van der Waals surface area contributed by atoms with E-state index in [9.17, 15) is 5.11 Å². The number of halogens is 1. The minimum Gasteiger partial charge on any atom is -0.384 e. The van der Waals surface area contributed by atoms with E-state index in [2.05, 4.69) is 22.9 Å². The standard InChI is InChI=1S/C10H13BrOS/c1-2-10(12,7-3-4-7)9-8(11)5-6-13-9/h5-7,12H,2-4H2,1H3. The van der Waals surface area contributed by atoms with Crippen LogP contribution in [0.1, 0.15) is 31.1 Å². The number of hydrogen-bond acceptors (Lipinski definition) is 2. The molecule has 13 heavy (non-hydrogen) atoms. The van der Waals surface area contributed by atoms with Crippen molar-refractivity contribution in [2.24, 2.45) is 5.92 Å². The highest BCUT2D eigenvalue weighted by molar-refractivity contribution is 9.10. The fraction of sp³-hybridized carbons (Fsp3) is 0.600. The molecule has 3 heteroatoms. The van der Waals surface area contributed by atoms with Crippen LogP contribution in [0.5, 0.6) is 0 Å². The predicted molar refractivity (Wildman–Crippen MR) is 58.9 cm³/mol. The molecule has 0 aromatic carbocycles. The molecule has 0 radical (unpaired) electrons. The van der Waals surface area contributed by atoms with Crippen LogP contribution in [0.15, 0.2) is 15.9 Å².